The van der Waals surface area contributed by atoms with E-state index in [4.69, 9.17) is 9.15 Å². The Hall–Kier alpha value is -5.19. The van der Waals surface area contributed by atoms with Crippen LogP contribution < -0.4 is 10.1 Å². The fourth-order valence-corrected chi connectivity index (χ4v) is 6.00. The molecule has 2 heterocycles. The third-order valence-corrected chi connectivity index (χ3v) is 8.59. The highest BCUT2D eigenvalue weighted by Crippen LogP contribution is 2.36. The largest absolute Gasteiger partial charge is 0.483 e. The second kappa shape index (κ2) is 14.9. The number of rotatable bonds is 10. The number of benzene rings is 4. The molecular weight excluding hydrogens is 676 g/mol. The number of amidine groups is 1. The standard InChI is InChI=1S/C37H29BrN4O4S/c1-25-9-16-31(17-10-25)40-35(43)24-46-33-18-15-30(38)20-29(33)21-34-36(44)42(23-32-8-5-19-45-32)37(47-34)41-39-22-26-11-13-28(14-12-26)27-6-3-2-4-7-27/h2-22H,23-24H2,1H3,(H,40,43)/b34-21-,39-22+,41-37-. The van der Waals surface area contributed by atoms with Gasteiger partial charge in [-0.25, -0.2) is 0 Å². The van der Waals surface area contributed by atoms with Crippen LogP contribution in [0.5, 0.6) is 5.75 Å². The van der Waals surface area contributed by atoms with Gasteiger partial charge in [0.05, 0.1) is 23.9 Å². The Kier molecular flexibility index (Phi) is 10.1. The number of nitrogens with one attached hydrogen (secondary N) is 1. The van der Waals surface area contributed by atoms with E-state index in [1.807, 2.05) is 85.8 Å². The number of aryl methyl sites for hydroxylation is 1. The Morgan fingerprint density at radius 2 is 1.72 bits per heavy atom. The summed E-state index contributed by atoms with van der Waals surface area (Å²) >= 11 is 4.71. The predicted molar refractivity (Wildman–Crippen MR) is 191 cm³/mol. The van der Waals surface area contributed by atoms with Crippen LogP contribution in [0.15, 0.2) is 139 Å². The van der Waals surface area contributed by atoms with Gasteiger partial charge in [0.2, 0.25) is 0 Å². The van der Waals surface area contributed by atoms with Gasteiger partial charge in [0, 0.05) is 15.7 Å². The maximum atomic E-state index is 13.7. The molecule has 0 saturated carbocycles. The quantitative estimate of drug-likeness (QED) is 0.0893. The van der Waals surface area contributed by atoms with Gasteiger partial charge in [-0.1, -0.05) is 88.2 Å². The number of nitrogens with zero attached hydrogens (tertiary/aromatic N) is 3. The number of furan rings is 1. The van der Waals surface area contributed by atoms with Crippen molar-refractivity contribution in [3.8, 4) is 16.9 Å². The summed E-state index contributed by atoms with van der Waals surface area (Å²) in [4.78, 5) is 28.2. The molecule has 0 aliphatic carbocycles. The summed E-state index contributed by atoms with van der Waals surface area (Å²) in [7, 11) is 0. The summed E-state index contributed by atoms with van der Waals surface area (Å²) in [6.07, 6.45) is 4.95. The van der Waals surface area contributed by atoms with E-state index in [1.165, 1.54) is 16.7 Å². The van der Waals surface area contributed by atoms with Gasteiger partial charge in [-0.05, 0) is 83.9 Å². The topological polar surface area (TPSA) is 96.5 Å². The smallest absolute Gasteiger partial charge is 0.267 e. The van der Waals surface area contributed by atoms with Gasteiger partial charge in [-0.2, -0.15) is 5.10 Å². The summed E-state index contributed by atoms with van der Waals surface area (Å²) in [6, 6.07) is 34.6. The number of hydrogen-bond acceptors (Lipinski definition) is 7. The zero-order chi connectivity index (χ0) is 32.6. The molecule has 4 aromatic carbocycles. The summed E-state index contributed by atoms with van der Waals surface area (Å²) < 4.78 is 12.2. The lowest BCUT2D eigenvalue weighted by Gasteiger charge is -2.13. The van der Waals surface area contributed by atoms with Crippen LogP contribution in [0.3, 0.4) is 0 Å². The van der Waals surface area contributed by atoms with Gasteiger partial charge < -0.3 is 14.5 Å². The highest BCUT2D eigenvalue weighted by Gasteiger charge is 2.34. The van der Waals surface area contributed by atoms with Crippen LogP contribution in [0.2, 0.25) is 0 Å². The van der Waals surface area contributed by atoms with Crippen LogP contribution in [-0.4, -0.2) is 34.7 Å². The molecule has 1 aromatic heterocycles. The number of thioether (sulfide) groups is 1. The van der Waals surface area contributed by atoms with Crippen molar-refractivity contribution >= 4 is 62.7 Å². The minimum atomic E-state index is -0.298. The first-order valence-electron chi connectivity index (χ1n) is 14.7. The van der Waals surface area contributed by atoms with Crippen LogP contribution in [0, 0.1) is 6.92 Å². The third kappa shape index (κ3) is 8.35. The molecule has 1 fully saturated rings. The van der Waals surface area contributed by atoms with Gasteiger partial charge in [0.25, 0.3) is 11.8 Å². The summed E-state index contributed by atoms with van der Waals surface area (Å²) in [5, 5.41) is 12.0. The molecule has 5 aromatic rings. The van der Waals surface area contributed by atoms with Crippen molar-refractivity contribution in [1.82, 2.24) is 4.90 Å². The lowest BCUT2D eigenvalue weighted by atomic mass is 10.0. The first kappa shape index (κ1) is 31.8. The first-order chi connectivity index (χ1) is 22.9. The number of carbonyl (C=O) groups is 2. The van der Waals surface area contributed by atoms with E-state index in [2.05, 4.69) is 43.6 Å². The Morgan fingerprint density at radius 3 is 2.47 bits per heavy atom. The second-order valence-electron chi connectivity index (χ2n) is 10.6. The van der Waals surface area contributed by atoms with Crippen molar-refractivity contribution in [2.24, 2.45) is 10.2 Å². The molecule has 8 nitrogen and oxygen atoms in total. The van der Waals surface area contributed by atoms with E-state index in [-0.39, 0.29) is 25.0 Å². The number of halogens is 1. The predicted octanol–water partition coefficient (Wildman–Crippen LogP) is 8.54. The average Bonchev–Trinajstić information content (AvgIpc) is 3.70. The highest BCUT2D eigenvalue weighted by molar-refractivity contribution is 9.10. The van der Waals surface area contributed by atoms with Gasteiger partial charge in [0.1, 0.15) is 11.5 Å². The second-order valence-corrected chi connectivity index (χ2v) is 12.5. The molecule has 0 bridgehead atoms. The van der Waals surface area contributed by atoms with Gasteiger partial charge in [-0.3, -0.25) is 14.5 Å². The van der Waals surface area contributed by atoms with Gasteiger partial charge in [0.15, 0.2) is 11.8 Å². The van der Waals surface area contributed by atoms with Gasteiger partial charge in [-0.15, -0.1) is 5.10 Å². The number of anilines is 1. The zero-order valence-corrected chi connectivity index (χ0v) is 27.7. The Labute approximate surface area is 285 Å². The molecule has 2 amide bonds. The fourth-order valence-electron chi connectivity index (χ4n) is 4.70. The maximum Gasteiger partial charge on any atom is 0.267 e. The molecule has 0 spiro atoms. The van der Waals surface area contributed by atoms with Crippen molar-refractivity contribution in [3.05, 3.63) is 147 Å². The molecule has 234 valence electrons. The van der Waals surface area contributed by atoms with E-state index in [0.717, 1.165) is 26.7 Å². The van der Waals surface area contributed by atoms with Crippen molar-refractivity contribution in [3.63, 3.8) is 0 Å². The number of amides is 2. The van der Waals surface area contributed by atoms with Crippen LogP contribution in [-0.2, 0) is 16.1 Å². The Morgan fingerprint density at radius 1 is 0.957 bits per heavy atom. The molecular formula is C37H29BrN4O4S. The Bertz CT molecular complexity index is 1960. The van der Waals surface area contributed by atoms with Crippen molar-refractivity contribution in [1.29, 1.82) is 0 Å². The molecule has 0 radical (unpaired) electrons. The van der Waals surface area contributed by atoms with E-state index < -0.39 is 0 Å². The van der Waals surface area contributed by atoms with E-state index >= 15 is 0 Å². The molecule has 47 heavy (non-hydrogen) atoms. The first-order valence-corrected chi connectivity index (χ1v) is 16.3. The van der Waals surface area contributed by atoms with Crippen molar-refractivity contribution in [2.75, 3.05) is 11.9 Å². The van der Waals surface area contributed by atoms with Crippen LogP contribution in [0.4, 0.5) is 5.69 Å². The van der Waals surface area contributed by atoms with Crippen LogP contribution in [0.1, 0.15) is 22.5 Å². The van der Waals surface area contributed by atoms with Crippen LogP contribution in [0.25, 0.3) is 17.2 Å². The minimum Gasteiger partial charge on any atom is -0.483 e. The number of ether oxygens (including phenoxy) is 1. The number of hydrogen-bond donors (Lipinski definition) is 1. The molecule has 1 aliphatic heterocycles. The molecule has 1 N–H and O–H groups in total. The maximum absolute atomic E-state index is 13.7. The van der Waals surface area contributed by atoms with Crippen LogP contribution >= 0.6 is 27.7 Å². The average molecular weight is 706 g/mol. The monoisotopic (exact) mass is 704 g/mol. The molecule has 1 aliphatic rings. The third-order valence-electron chi connectivity index (χ3n) is 7.10. The van der Waals surface area contributed by atoms with E-state index in [9.17, 15) is 9.59 Å². The number of carbonyl (C=O) groups excluding carboxylic acids is 2. The van der Waals surface area contributed by atoms with E-state index in [0.29, 0.717) is 32.8 Å². The molecule has 1 saturated heterocycles. The minimum absolute atomic E-state index is 0.192. The molecule has 0 atom stereocenters. The highest BCUT2D eigenvalue weighted by atomic mass is 79.9. The molecule has 10 heteroatoms. The lowest BCUT2D eigenvalue weighted by molar-refractivity contribution is -0.122. The fraction of sp³-hybridized carbons (Fsp3) is 0.0811. The molecule has 6 rings (SSSR count). The zero-order valence-electron chi connectivity index (χ0n) is 25.3. The molecule has 0 unspecified atom stereocenters. The Balaban J connectivity index is 1.20. The summed E-state index contributed by atoms with van der Waals surface area (Å²) in [5.74, 6) is 0.511. The normalized spacial score (nSPS) is 14.8. The SMILES string of the molecule is Cc1ccc(NC(=O)COc2ccc(Br)cc2/C=C2\S/C(=N\N=C\c3ccc(-c4ccccc4)cc3)N(Cc3ccco3)C2=O)cc1. The van der Waals surface area contributed by atoms with Crippen molar-refractivity contribution < 1.29 is 18.7 Å². The summed E-state index contributed by atoms with van der Waals surface area (Å²) in [5.41, 5.74) is 5.52. The summed E-state index contributed by atoms with van der Waals surface area (Å²) in [6.45, 7) is 1.97. The van der Waals surface area contributed by atoms with E-state index in [1.54, 1.807) is 36.8 Å². The van der Waals surface area contributed by atoms with Gasteiger partial charge >= 0.3 is 0 Å². The lowest BCUT2D eigenvalue weighted by Crippen LogP contribution is -2.28. The van der Waals surface area contributed by atoms with Crippen molar-refractivity contribution in [2.45, 2.75) is 13.5 Å².